The first-order valence-corrected chi connectivity index (χ1v) is 13.4. The molecule has 0 bridgehead atoms. The van der Waals surface area contributed by atoms with Crippen LogP contribution in [0.3, 0.4) is 0 Å². The van der Waals surface area contributed by atoms with Crippen LogP contribution in [-0.2, 0) is 9.53 Å². The highest BCUT2D eigenvalue weighted by molar-refractivity contribution is 7.80. The molecule has 8 heteroatoms. The Morgan fingerprint density at radius 3 is 2.49 bits per heavy atom. The summed E-state index contributed by atoms with van der Waals surface area (Å²) in [7, 11) is 1.51. The summed E-state index contributed by atoms with van der Waals surface area (Å²) in [5.74, 6) is -0.191. The van der Waals surface area contributed by atoms with E-state index >= 15 is 0 Å². The number of amides is 1. The molecule has 0 saturated carbocycles. The summed E-state index contributed by atoms with van der Waals surface area (Å²) in [6.45, 7) is 8.44. The first-order valence-electron chi connectivity index (χ1n) is 12.9. The topological polar surface area (TPSA) is 71.4 Å². The van der Waals surface area contributed by atoms with Gasteiger partial charge in [-0.25, -0.2) is 0 Å². The van der Waals surface area contributed by atoms with Gasteiger partial charge in [0.25, 0.3) is 0 Å². The average molecular weight is 540 g/mol. The van der Waals surface area contributed by atoms with Gasteiger partial charge in [0.1, 0.15) is 6.61 Å². The summed E-state index contributed by atoms with van der Waals surface area (Å²) in [5, 5.41) is 7.10. The predicted molar refractivity (Wildman–Crippen MR) is 160 cm³/mol. The second kappa shape index (κ2) is 11.0. The number of carbonyl (C=O) groups excluding carboxylic acids is 1. The van der Waals surface area contributed by atoms with Gasteiger partial charge < -0.3 is 24.8 Å². The number of hydrogen-bond acceptors (Lipinski definition) is 4. The smallest absolute Gasteiger partial charge is 0.250 e. The molecule has 0 aliphatic carbocycles. The summed E-state index contributed by atoms with van der Waals surface area (Å²) < 4.78 is 7.28. The molecule has 1 fully saturated rings. The summed E-state index contributed by atoms with van der Waals surface area (Å²) in [4.78, 5) is 19.0. The number of methoxy groups -OCH3 is 1. The van der Waals surface area contributed by atoms with Crippen LogP contribution in [-0.4, -0.2) is 34.3 Å². The Morgan fingerprint density at radius 1 is 1.03 bits per heavy atom. The van der Waals surface area contributed by atoms with Gasteiger partial charge in [0.05, 0.1) is 17.8 Å². The molecule has 7 nitrogen and oxygen atoms in total. The number of nitrogens with zero attached hydrogens (tertiary/aromatic N) is 3. The van der Waals surface area contributed by atoms with E-state index in [1.807, 2.05) is 43.5 Å². The van der Waals surface area contributed by atoms with Crippen LogP contribution in [0.1, 0.15) is 45.9 Å². The Morgan fingerprint density at radius 2 is 1.79 bits per heavy atom. The lowest BCUT2D eigenvalue weighted by Crippen LogP contribution is -2.29. The van der Waals surface area contributed by atoms with E-state index < -0.39 is 0 Å². The number of benzene rings is 2. The van der Waals surface area contributed by atoms with Crippen LogP contribution in [0.15, 0.2) is 72.9 Å². The van der Waals surface area contributed by atoms with Gasteiger partial charge in [-0.1, -0.05) is 24.3 Å². The van der Waals surface area contributed by atoms with Crippen molar-refractivity contribution in [1.29, 1.82) is 0 Å². The highest BCUT2D eigenvalue weighted by Crippen LogP contribution is 2.44. The molecule has 1 amide bonds. The largest absolute Gasteiger partial charge is 0.375 e. The minimum atomic E-state index is -0.191. The fourth-order valence-corrected chi connectivity index (χ4v) is 5.82. The first-order chi connectivity index (χ1) is 18.8. The summed E-state index contributed by atoms with van der Waals surface area (Å²) in [6.07, 6.45) is 1.82. The van der Waals surface area contributed by atoms with Gasteiger partial charge >= 0.3 is 0 Å². The summed E-state index contributed by atoms with van der Waals surface area (Å²) in [6, 6.07) is 22.4. The molecular formula is C31H33N5O2S. The monoisotopic (exact) mass is 539 g/mol. The number of anilines is 2. The maximum absolute atomic E-state index is 12.1. The van der Waals surface area contributed by atoms with Gasteiger partial charge in [0.15, 0.2) is 5.11 Å². The average Bonchev–Trinajstić information content (AvgIpc) is 3.41. The second-order valence-electron chi connectivity index (χ2n) is 9.93. The number of pyridine rings is 1. The first kappa shape index (κ1) is 26.6. The molecule has 1 aliphatic rings. The third-order valence-electron chi connectivity index (χ3n) is 7.28. The van der Waals surface area contributed by atoms with Gasteiger partial charge in [0.2, 0.25) is 5.91 Å². The standard InChI is InChI=1S/C31H33N5O2S/c1-19-10-6-7-12-27(19)35-21(3)17-24(22(35)4)30-29(26-11-8-9-15-32-26)34-31(39)36(30)23-13-14-25(20(2)16-23)33-28(37)18-38-5/h6-17,29-30H,18H2,1-5H3,(H,33,37)(H,34,39). The highest BCUT2D eigenvalue weighted by atomic mass is 32.1. The lowest BCUT2D eigenvalue weighted by atomic mass is 9.96. The van der Waals surface area contributed by atoms with Crippen LogP contribution >= 0.6 is 12.2 Å². The Labute approximate surface area is 234 Å². The number of para-hydroxylation sites is 1. The van der Waals surface area contributed by atoms with Gasteiger partial charge in [0, 0.05) is 41.8 Å². The van der Waals surface area contributed by atoms with E-state index in [2.05, 4.69) is 77.3 Å². The minimum absolute atomic E-state index is 0.00561. The molecule has 2 aromatic heterocycles. The van der Waals surface area contributed by atoms with E-state index in [1.54, 1.807) is 0 Å². The molecule has 4 aromatic rings. The number of rotatable bonds is 7. The number of aromatic nitrogens is 2. The molecule has 2 N–H and O–H groups in total. The minimum Gasteiger partial charge on any atom is -0.375 e. The van der Waals surface area contributed by atoms with Crippen molar-refractivity contribution < 1.29 is 9.53 Å². The van der Waals surface area contributed by atoms with E-state index in [1.165, 1.54) is 23.9 Å². The second-order valence-corrected chi connectivity index (χ2v) is 10.3. The molecule has 39 heavy (non-hydrogen) atoms. The highest BCUT2D eigenvalue weighted by Gasteiger charge is 2.42. The fourth-order valence-electron chi connectivity index (χ4n) is 5.48. The molecular weight excluding hydrogens is 506 g/mol. The van der Waals surface area contributed by atoms with E-state index in [0.29, 0.717) is 5.11 Å². The van der Waals surface area contributed by atoms with E-state index in [9.17, 15) is 4.79 Å². The summed E-state index contributed by atoms with van der Waals surface area (Å²) in [5.41, 5.74) is 9.41. The van der Waals surface area contributed by atoms with Crippen LogP contribution in [0.5, 0.6) is 0 Å². The predicted octanol–water partition coefficient (Wildman–Crippen LogP) is 5.87. The van der Waals surface area contributed by atoms with Crippen molar-refractivity contribution in [3.63, 3.8) is 0 Å². The Balaban J connectivity index is 1.62. The quantitative estimate of drug-likeness (QED) is 0.286. The summed E-state index contributed by atoms with van der Waals surface area (Å²) >= 11 is 5.95. The normalized spacial score (nSPS) is 16.8. The number of carbonyl (C=O) groups is 1. The Bertz CT molecular complexity index is 1530. The van der Waals surface area contributed by atoms with Crippen LogP contribution in [0.4, 0.5) is 11.4 Å². The van der Waals surface area contributed by atoms with Crippen molar-refractivity contribution in [3.8, 4) is 5.69 Å². The van der Waals surface area contributed by atoms with Crippen LogP contribution in [0.2, 0.25) is 0 Å². The maximum atomic E-state index is 12.1. The van der Waals surface area contributed by atoms with Crippen molar-refractivity contribution in [2.45, 2.75) is 39.8 Å². The fraction of sp³-hybridized carbons (Fsp3) is 0.258. The zero-order valence-corrected chi connectivity index (χ0v) is 23.7. The number of thiocarbonyl (C=S) groups is 1. The van der Waals surface area contributed by atoms with Crippen molar-refractivity contribution >= 4 is 34.6 Å². The van der Waals surface area contributed by atoms with Crippen LogP contribution < -0.4 is 15.5 Å². The van der Waals surface area contributed by atoms with E-state index in [0.717, 1.165) is 34.0 Å². The van der Waals surface area contributed by atoms with Gasteiger partial charge in [-0.3, -0.25) is 9.78 Å². The van der Waals surface area contributed by atoms with Gasteiger partial charge in [-0.05, 0) is 99.1 Å². The maximum Gasteiger partial charge on any atom is 0.250 e. The van der Waals surface area contributed by atoms with E-state index in [4.69, 9.17) is 21.9 Å². The molecule has 0 radical (unpaired) electrons. The lowest BCUT2D eigenvalue weighted by molar-refractivity contribution is -0.119. The van der Waals surface area contributed by atoms with Crippen LogP contribution in [0, 0.1) is 27.7 Å². The zero-order valence-electron chi connectivity index (χ0n) is 22.9. The number of aryl methyl sites for hydroxylation is 3. The van der Waals surface area contributed by atoms with Crippen molar-refractivity contribution in [1.82, 2.24) is 14.9 Å². The molecule has 0 spiro atoms. The molecule has 1 aliphatic heterocycles. The molecule has 2 aromatic carbocycles. The molecule has 200 valence electrons. The Hall–Kier alpha value is -4.01. The molecule has 2 atom stereocenters. The van der Waals surface area contributed by atoms with Gasteiger partial charge in [-0.15, -0.1) is 0 Å². The van der Waals surface area contributed by atoms with E-state index in [-0.39, 0.29) is 24.6 Å². The van der Waals surface area contributed by atoms with Crippen LogP contribution in [0.25, 0.3) is 5.69 Å². The molecule has 3 heterocycles. The lowest BCUT2D eigenvalue weighted by Gasteiger charge is -2.29. The Kier molecular flexibility index (Phi) is 7.50. The number of hydrogen-bond donors (Lipinski definition) is 2. The zero-order chi connectivity index (χ0) is 27.7. The SMILES string of the molecule is COCC(=O)Nc1ccc(N2C(=S)NC(c3ccccn3)C2c2cc(C)n(-c3ccccc3C)c2C)cc1C. The number of nitrogens with one attached hydrogen (secondary N) is 2. The molecule has 1 saturated heterocycles. The van der Waals surface area contributed by atoms with Crippen molar-refractivity contribution in [2.24, 2.45) is 0 Å². The third kappa shape index (κ3) is 5.05. The molecule has 2 unspecified atom stereocenters. The van der Waals surface area contributed by atoms with Crippen molar-refractivity contribution in [3.05, 3.63) is 107 Å². The van der Waals surface area contributed by atoms with Crippen molar-refractivity contribution in [2.75, 3.05) is 23.9 Å². The molecule has 5 rings (SSSR count). The van der Waals surface area contributed by atoms with Gasteiger partial charge in [-0.2, -0.15) is 0 Å². The third-order valence-corrected chi connectivity index (χ3v) is 7.60. The number of ether oxygens (including phenoxy) is 1.